The van der Waals surface area contributed by atoms with Crippen LogP contribution >= 0.6 is 0 Å². The van der Waals surface area contributed by atoms with Crippen LogP contribution < -0.4 is 20.3 Å². The van der Waals surface area contributed by atoms with Crippen LogP contribution in [0, 0.1) is 0 Å². The molecule has 0 radical (unpaired) electrons. The maximum Gasteiger partial charge on any atom is 0.323 e. The van der Waals surface area contributed by atoms with Gasteiger partial charge in [-0.3, -0.25) is 14.9 Å². The highest BCUT2D eigenvalue weighted by molar-refractivity contribution is 6.02. The van der Waals surface area contributed by atoms with Crippen LogP contribution in [-0.2, 0) is 9.59 Å². The summed E-state index contributed by atoms with van der Waals surface area (Å²) in [6.45, 7) is 5.04. The molecule has 1 saturated heterocycles. The van der Waals surface area contributed by atoms with Crippen molar-refractivity contribution < 1.29 is 14.3 Å². The molecule has 2 amide bonds. The molecule has 0 spiro atoms. The van der Waals surface area contributed by atoms with E-state index in [1.54, 1.807) is 0 Å². The number of piperazine rings is 1. The summed E-state index contributed by atoms with van der Waals surface area (Å²) in [5.41, 5.74) is 0. The largest absolute Gasteiger partial charge is 0.463 e. The van der Waals surface area contributed by atoms with E-state index in [9.17, 15) is 9.59 Å². The number of rotatable bonds is 6. The lowest BCUT2D eigenvalue weighted by molar-refractivity contribution is -0.130. The van der Waals surface area contributed by atoms with Crippen LogP contribution in [0.15, 0.2) is 0 Å². The number of aromatic nitrogens is 3. The standard InChI is InChI=1S/C12H18N6O3/c1-3-5-21-12-16-10(13-4-2)15-11(17-12)18-6-8(19)14-9(20)7-18/h3-7H2,1-2H3,(H,14,19,20)(H,13,15,16,17). The van der Waals surface area contributed by atoms with E-state index in [2.05, 4.69) is 25.6 Å². The molecule has 114 valence electrons. The Hall–Kier alpha value is -2.45. The summed E-state index contributed by atoms with van der Waals surface area (Å²) in [6.07, 6.45) is 0.822. The number of anilines is 2. The third-order valence-corrected chi connectivity index (χ3v) is 2.60. The molecule has 0 unspecified atom stereocenters. The highest BCUT2D eigenvalue weighted by Crippen LogP contribution is 2.16. The normalized spacial score (nSPS) is 14.9. The molecular weight excluding hydrogens is 276 g/mol. The van der Waals surface area contributed by atoms with Crippen LogP contribution in [0.25, 0.3) is 0 Å². The summed E-state index contributed by atoms with van der Waals surface area (Å²) in [4.78, 5) is 36.8. The molecule has 0 aromatic carbocycles. The molecule has 1 aromatic heterocycles. The highest BCUT2D eigenvalue weighted by atomic mass is 16.5. The van der Waals surface area contributed by atoms with Gasteiger partial charge in [0.25, 0.3) is 0 Å². The van der Waals surface area contributed by atoms with Crippen molar-refractivity contribution in [1.82, 2.24) is 20.3 Å². The number of ether oxygens (including phenoxy) is 1. The fourth-order valence-electron chi connectivity index (χ4n) is 1.76. The SMILES string of the molecule is CCCOc1nc(NCC)nc(N2CC(=O)NC(=O)C2)n1. The minimum atomic E-state index is -0.382. The van der Waals surface area contributed by atoms with Gasteiger partial charge in [0.15, 0.2) is 0 Å². The molecule has 0 saturated carbocycles. The van der Waals surface area contributed by atoms with E-state index in [0.29, 0.717) is 19.1 Å². The molecule has 2 heterocycles. The Morgan fingerprint density at radius 3 is 2.52 bits per heavy atom. The van der Waals surface area contributed by atoms with E-state index >= 15 is 0 Å². The first-order valence-electron chi connectivity index (χ1n) is 6.82. The summed E-state index contributed by atoms with van der Waals surface area (Å²) >= 11 is 0. The Labute approximate surface area is 122 Å². The number of carbonyl (C=O) groups is 2. The van der Waals surface area contributed by atoms with Gasteiger partial charge in [-0.05, 0) is 13.3 Å². The van der Waals surface area contributed by atoms with Crippen LogP contribution in [-0.4, -0.2) is 53.0 Å². The van der Waals surface area contributed by atoms with E-state index in [1.165, 1.54) is 4.90 Å². The predicted octanol–water partition coefficient (Wildman–Crippen LogP) is -0.445. The van der Waals surface area contributed by atoms with Gasteiger partial charge in [0.1, 0.15) is 13.1 Å². The van der Waals surface area contributed by atoms with E-state index < -0.39 is 0 Å². The fourth-order valence-corrected chi connectivity index (χ4v) is 1.76. The lowest BCUT2D eigenvalue weighted by atomic mass is 10.3. The number of nitrogens with one attached hydrogen (secondary N) is 2. The van der Waals surface area contributed by atoms with Crippen LogP contribution in [0.1, 0.15) is 20.3 Å². The van der Waals surface area contributed by atoms with E-state index in [0.717, 1.165) is 6.42 Å². The molecule has 1 aliphatic rings. The van der Waals surface area contributed by atoms with Crippen molar-refractivity contribution in [2.45, 2.75) is 20.3 Å². The third kappa shape index (κ3) is 4.01. The Bertz CT molecular complexity index is 520. The van der Waals surface area contributed by atoms with Gasteiger partial charge in [-0.15, -0.1) is 0 Å². The highest BCUT2D eigenvalue weighted by Gasteiger charge is 2.25. The van der Waals surface area contributed by atoms with Gasteiger partial charge in [-0.2, -0.15) is 15.0 Å². The molecule has 2 N–H and O–H groups in total. The first-order chi connectivity index (χ1) is 10.1. The molecule has 9 heteroatoms. The van der Waals surface area contributed by atoms with Gasteiger partial charge in [-0.25, -0.2) is 0 Å². The predicted molar refractivity (Wildman–Crippen MR) is 75.1 cm³/mol. The molecule has 1 fully saturated rings. The first-order valence-corrected chi connectivity index (χ1v) is 6.82. The average molecular weight is 294 g/mol. The minimum absolute atomic E-state index is 0.0224. The van der Waals surface area contributed by atoms with Crippen molar-refractivity contribution in [3.8, 4) is 6.01 Å². The molecule has 9 nitrogen and oxygen atoms in total. The van der Waals surface area contributed by atoms with Crippen molar-refractivity contribution in [1.29, 1.82) is 0 Å². The smallest absolute Gasteiger partial charge is 0.323 e. The average Bonchev–Trinajstić information content (AvgIpc) is 2.44. The lowest BCUT2D eigenvalue weighted by Crippen LogP contribution is -2.52. The van der Waals surface area contributed by atoms with Crippen molar-refractivity contribution in [3.63, 3.8) is 0 Å². The number of carbonyl (C=O) groups excluding carboxylic acids is 2. The molecule has 0 aliphatic carbocycles. The van der Waals surface area contributed by atoms with Crippen LogP contribution in [0.4, 0.5) is 11.9 Å². The lowest BCUT2D eigenvalue weighted by Gasteiger charge is -2.25. The van der Waals surface area contributed by atoms with Gasteiger partial charge >= 0.3 is 6.01 Å². The summed E-state index contributed by atoms with van der Waals surface area (Å²) in [7, 11) is 0. The molecule has 0 bridgehead atoms. The number of hydrogen-bond donors (Lipinski definition) is 2. The second-order valence-electron chi connectivity index (χ2n) is 4.45. The van der Waals surface area contributed by atoms with Gasteiger partial charge in [-0.1, -0.05) is 6.92 Å². The van der Waals surface area contributed by atoms with Crippen LogP contribution in [0.2, 0.25) is 0 Å². The zero-order valence-corrected chi connectivity index (χ0v) is 12.0. The molecule has 1 aromatic rings. The second kappa shape index (κ2) is 6.82. The van der Waals surface area contributed by atoms with Crippen molar-refractivity contribution >= 4 is 23.7 Å². The first kappa shape index (κ1) is 14.9. The van der Waals surface area contributed by atoms with Crippen molar-refractivity contribution in [3.05, 3.63) is 0 Å². The van der Waals surface area contributed by atoms with Crippen molar-refractivity contribution in [2.75, 3.05) is 36.5 Å². The van der Waals surface area contributed by atoms with Gasteiger partial charge < -0.3 is 15.0 Å². The molecular formula is C12H18N6O3. The zero-order valence-electron chi connectivity index (χ0n) is 12.0. The van der Waals surface area contributed by atoms with Gasteiger partial charge in [0.2, 0.25) is 23.7 Å². The van der Waals surface area contributed by atoms with E-state index in [-0.39, 0.29) is 36.9 Å². The number of imide groups is 1. The van der Waals surface area contributed by atoms with Crippen LogP contribution in [0.5, 0.6) is 6.01 Å². The number of hydrogen-bond acceptors (Lipinski definition) is 8. The third-order valence-electron chi connectivity index (χ3n) is 2.60. The van der Waals surface area contributed by atoms with Crippen LogP contribution in [0.3, 0.4) is 0 Å². The molecule has 0 atom stereocenters. The molecule has 21 heavy (non-hydrogen) atoms. The minimum Gasteiger partial charge on any atom is -0.463 e. The summed E-state index contributed by atoms with van der Waals surface area (Å²) in [5.74, 6) is -0.164. The molecule has 1 aliphatic heterocycles. The Kier molecular flexibility index (Phi) is 4.85. The number of nitrogens with zero attached hydrogens (tertiary/aromatic N) is 4. The van der Waals surface area contributed by atoms with Crippen molar-refractivity contribution in [2.24, 2.45) is 0 Å². The second-order valence-corrected chi connectivity index (χ2v) is 4.45. The summed E-state index contributed by atoms with van der Waals surface area (Å²) in [6, 6.07) is 0.177. The summed E-state index contributed by atoms with van der Waals surface area (Å²) in [5, 5.41) is 5.20. The Balaban J connectivity index is 2.25. The number of amides is 2. The monoisotopic (exact) mass is 294 g/mol. The maximum absolute atomic E-state index is 11.4. The van der Waals surface area contributed by atoms with Gasteiger partial charge in [0.05, 0.1) is 6.61 Å². The zero-order chi connectivity index (χ0) is 15.2. The topological polar surface area (TPSA) is 109 Å². The quantitative estimate of drug-likeness (QED) is 0.679. The summed E-state index contributed by atoms with van der Waals surface area (Å²) < 4.78 is 5.41. The van der Waals surface area contributed by atoms with Gasteiger partial charge in [0, 0.05) is 6.54 Å². The van der Waals surface area contributed by atoms with E-state index in [1.807, 2.05) is 13.8 Å². The maximum atomic E-state index is 11.4. The Morgan fingerprint density at radius 2 is 1.90 bits per heavy atom. The fraction of sp³-hybridized carbons (Fsp3) is 0.583. The molecule has 2 rings (SSSR count). The van der Waals surface area contributed by atoms with E-state index in [4.69, 9.17) is 4.74 Å². The Morgan fingerprint density at radius 1 is 1.19 bits per heavy atom.